The molecule has 158 valence electrons. The molecule has 1 aliphatic carbocycles. The summed E-state index contributed by atoms with van der Waals surface area (Å²) in [6.45, 7) is 1.94. The van der Waals surface area contributed by atoms with Crippen LogP contribution in [0.4, 0.5) is 5.13 Å². The zero-order valence-corrected chi connectivity index (χ0v) is 17.2. The first-order chi connectivity index (χ1) is 14.0. The number of nitrogens with zero attached hydrogens (tertiary/aromatic N) is 2. The van der Waals surface area contributed by atoms with Crippen LogP contribution < -0.4 is 5.32 Å². The van der Waals surface area contributed by atoms with E-state index in [4.69, 9.17) is 9.47 Å². The lowest BCUT2D eigenvalue weighted by Gasteiger charge is -2.23. The van der Waals surface area contributed by atoms with E-state index >= 15 is 0 Å². The molecule has 1 N–H and O–H groups in total. The average Bonchev–Trinajstić information content (AvgIpc) is 3.41. The van der Waals surface area contributed by atoms with Gasteiger partial charge in [0.15, 0.2) is 11.7 Å². The summed E-state index contributed by atoms with van der Waals surface area (Å²) in [5.74, 6) is -1.97. The summed E-state index contributed by atoms with van der Waals surface area (Å²) in [6.07, 6.45) is 4.37. The molecule has 1 atom stereocenters. The van der Waals surface area contributed by atoms with Crippen molar-refractivity contribution in [3.8, 4) is 0 Å². The Labute approximate surface area is 172 Å². The quantitative estimate of drug-likeness (QED) is 0.631. The lowest BCUT2D eigenvalue weighted by molar-refractivity contribution is -0.151. The van der Waals surface area contributed by atoms with Crippen LogP contribution in [-0.4, -0.2) is 59.4 Å². The number of hydrogen-bond acceptors (Lipinski definition) is 8. The molecule has 0 radical (unpaired) electrons. The molecule has 10 heteroatoms. The third-order valence-electron chi connectivity index (χ3n) is 5.03. The van der Waals surface area contributed by atoms with E-state index in [-0.39, 0.29) is 30.8 Å². The topological polar surface area (TPSA) is 115 Å². The summed E-state index contributed by atoms with van der Waals surface area (Å²) in [7, 11) is 0. The number of ether oxygens (including phenoxy) is 2. The number of hydrogen-bond donors (Lipinski definition) is 1. The molecule has 2 fully saturated rings. The van der Waals surface area contributed by atoms with Crippen LogP contribution in [-0.2, 0) is 35.1 Å². The van der Waals surface area contributed by atoms with Crippen LogP contribution in [0.25, 0.3) is 0 Å². The van der Waals surface area contributed by atoms with Crippen molar-refractivity contribution >= 4 is 40.2 Å². The van der Waals surface area contributed by atoms with Gasteiger partial charge in [-0.15, -0.1) is 11.3 Å². The number of esters is 2. The predicted octanol–water partition coefficient (Wildman–Crippen LogP) is 1.52. The fraction of sp³-hybridized carbons (Fsp3) is 0.632. The minimum atomic E-state index is -0.531. The van der Waals surface area contributed by atoms with E-state index in [9.17, 15) is 19.2 Å². The normalized spacial score (nSPS) is 19.4. The molecule has 1 aromatic heterocycles. The van der Waals surface area contributed by atoms with Crippen LogP contribution >= 0.6 is 11.3 Å². The summed E-state index contributed by atoms with van der Waals surface area (Å²) in [6, 6.07) is 0.234. The summed E-state index contributed by atoms with van der Waals surface area (Å²) < 4.78 is 9.95. The van der Waals surface area contributed by atoms with Gasteiger partial charge in [-0.3, -0.25) is 24.5 Å². The Hall–Kier alpha value is -2.49. The second kappa shape index (κ2) is 9.82. The minimum Gasteiger partial charge on any atom is -0.466 e. The maximum atomic E-state index is 12.2. The maximum Gasteiger partial charge on any atom is 0.311 e. The smallest absolute Gasteiger partial charge is 0.311 e. The van der Waals surface area contributed by atoms with Gasteiger partial charge in [-0.2, -0.15) is 0 Å². The molecule has 1 saturated heterocycles. The third kappa shape index (κ3) is 5.75. The van der Waals surface area contributed by atoms with E-state index in [0.29, 0.717) is 24.0 Å². The van der Waals surface area contributed by atoms with Crippen molar-refractivity contribution in [1.29, 1.82) is 0 Å². The van der Waals surface area contributed by atoms with E-state index in [1.807, 2.05) is 0 Å². The van der Waals surface area contributed by atoms with E-state index in [2.05, 4.69) is 10.3 Å². The van der Waals surface area contributed by atoms with Gasteiger partial charge in [-0.1, -0.05) is 12.8 Å². The monoisotopic (exact) mass is 423 g/mol. The number of rotatable bonds is 8. The van der Waals surface area contributed by atoms with Gasteiger partial charge in [0.2, 0.25) is 5.91 Å². The highest BCUT2D eigenvalue weighted by molar-refractivity contribution is 7.13. The molecule has 0 unspecified atom stereocenters. The Bertz CT molecular complexity index is 774. The number of amides is 2. The first-order valence-electron chi connectivity index (χ1n) is 9.82. The molecule has 0 aromatic carbocycles. The molecular formula is C19H25N3O6S. The second-order valence-electron chi connectivity index (χ2n) is 7.17. The van der Waals surface area contributed by atoms with Crippen LogP contribution in [0.2, 0.25) is 0 Å². The highest BCUT2D eigenvalue weighted by Crippen LogP contribution is 2.29. The Morgan fingerprint density at radius 1 is 1.28 bits per heavy atom. The molecule has 1 aliphatic heterocycles. The lowest BCUT2D eigenvalue weighted by Crippen LogP contribution is -2.35. The molecule has 9 nitrogen and oxygen atoms in total. The molecule has 0 bridgehead atoms. The fourth-order valence-corrected chi connectivity index (χ4v) is 4.40. The van der Waals surface area contributed by atoms with Gasteiger partial charge in [0.1, 0.15) is 0 Å². The molecule has 3 rings (SSSR count). The zero-order chi connectivity index (χ0) is 20.8. The Morgan fingerprint density at radius 3 is 2.76 bits per heavy atom. The van der Waals surface area contributed by atoms with Crippen molar-refractivity contribution in [2.24, 2.45) is 5.92 Å². The van der Waals surface area contributed by atoms with Gasteiger partial charge in [0.05, 0.1) is 24.6 Å². The largest absolute Gasteiger partial charge is 0.466 e. The van der Waals surface area contributed by atoms with Gasteiger partial charge in [0.25, 0.3) is 5.91 Å². The van der Waals surface area contributed by atoms with Gasteiger partial charge in [-0.05, 0) is 19.8 Å². The number of aromatic nitrogens is 1. The van der Waals surface area contributed by atoms with Gasteiger partial charge < -0.3 is 14.4 Å². The van der Waals surface area contributed by atoms with Gasteiger partial charge >= 0.3 is 11.9 Å². The first-order valence-corrected chi connectivity index (χ1v) is 10.7. The van der Waals surface area contributed by atoms with E-state index in [1.54, 1.807) is 17.2 Å². The Morgan fingerprint density at radius 2 is 2.03 bits per heavy atom. The van der Waals surface area contributed by atoms with Crippen LogP contribution in [0.5, 0.6) is 0 Å². The molecule has 1 saturated carbocycles. The third-order valence-corrected chi connectivity index (χ3v) is 5.84. The summed E-state index contributed by atoms with van der Waals surface area (Å²) >= 11 is 1.17. The number of anilines is 1. The zero-order valence-electron chi connectivity index (χ0n) is 16.3. The number of carbonyl (C=O) groups is 4. The molecule has 1 aromatic rings. The number of thiazole rings is 1. The standard InChI is InChI=1S/C19H25N3O6S/c1-2-27-17(25)8-13-11-29-19(20-13)21-15(23)10-28-18(26)12-7-16(24)22(9-12)14-5-3-4-6-14/h11-12,14H,2-10H2,1H3,(H,20,21,23)/t12-/m0/s1. The Balaban J connectivity index is 1.41. The van der Waals surface area contributed by atoms with Crippen molar-refractivity contribution in [2.45, 2.75) is 51.5 Å². The van der Waals surface area contributed by atoms with E-state index in [0.717, 1.165) is 25.7 Å². The molecule has 2 heterocycles. The van der Waals surface area contributed by atoms with Crippen LogP contribution in [0.15, 0.2) is 5.38 Å². The molecule has 2 amide bonds. The van der Waals surface area contributed by atoms with E-state index < -0.39 is 24.4 Å². The fourth-order valence-electron chi connectivity index (χ4n) is 3.67. The minimum absolute atomic E-state index is 0.0137. The second-order valence-corrected chi connectivity index (χ2v) is 8.03. The van der Waals surface area contributed by atoms with Crippen molar-refractivity contribution in [3.63, 3.8) is 0 Å². The highest BCUT2D eigenvalue weighted by Gasteiger charge is 2.39. The van der Waals surface area contributed by atoms with Crippen molar-refractivity contribution < 1.29 is 28.7 Å². The number of nitrogens with one attached hydrogen (secondary N) is 1. The first kappa shape index (κ1) is 21.2. The molecule has 2 aliphatic rings. The van der Waals surface area contributed by atoms with Crippen LogP contribution in [0.3, 0.4) is 0 Å². The Kier molecular flexibility index (Phi) is 7.18. The molecule has 0 spiro atoms. The van der Waals surface area contributed by atoms with Crippen molar-refractivity contribution in [2.75, 3.05) is 25.1 Å². The van der Waals surface area contributed by atoms with Crippen LogP contribution in [0, 0.1) is 5.92 Å². The average molecular weight is 423 g/mol. The molecule has 29 heavy (non-hydrogen) atoms. The summed E-state index contributed by atoms with van der Waals surface area (Å²) in [5.41, 5.74) is 0.497. The lowest BCUT2D eigenvalue weighted by atomic mass is 10.1. The predicted molar refractivity (Wildman–Crippen MR) is 104 cm³/mol. The maximum absolute atomic E-state index is 12.2. The van der Waals surface area contributed by atoms with Crippen molar-refractivity contribution in [3.05, 3.63) is 11.1 Å². The number of carbonyl (C=O) groups excluding carboxylic acids is 4. The highest BCUT2D eigenvalue weighted by atomic mass is 32.1. The van der Waals surface area contributed by atoms with Gasteiger partial charge in [0, 0.05) is 24.4 Å². The van der Waals surface area contributed by atoms with Gasteiger partial charge in [-0.25, -0.2) is 4.98 Å². The molecular weight excluding hydrogens is 398 g/mol. The summed E-state index contributed by atoms with van der Waals surface area (Å²) in [4.78, 5) is 53.8. The summed E-state index contributed by atoms with van der Waals surface area (Å²) in [5, 5.41) is 4.50. The number of likely N-dealkylation sites (tertiary alicyclic amines) is 1. The van der Waals surface area contributed by atoms with Crippen LogP contribution in [0.1, 0.15) is 44.7 Å². The van der Waals surface area contributed by atoms with E-state index in [1.165, 1.54) is 11.3 Å². The van der Waals surface area contributed by atoms with Crippen molar-refractivity contribution in [1.82, 2.24) is 9.88 Å². The SMILES string of the molecule is CCOC(=O)Cc1csc(NC(=O)COC(=O)[C@H]2CC(=O)N(C3CCCC3)C2)n1.